The Morgan fingerprint density at radius 1 is 0.403 bits per heavy atom. The fourth-order valence-corrected chi connectivity index (χ4v) is 11.8. The van der Waals surface area contributed by atoms with Crippen molar-refractivity contribution in [2.24, 2.45) is 0 Å². The Morgan fingerprint density at radius 3 is 1.61 bits per heavy atom. The molecule has 72 heavy (non-hydrogen) atoms. The van der Waals surface area contributed by atoms with E-state index in [0.29, 0.717) is 0 Å². The topological polar surface area (TPSA) is 32.8 Å². The Morgan fingerprint density at radius 2 is 0.931 bits per heavy atom. The van der Waals surface area contributed by atoms with Gasteiger partial charge < -0.3 is 18.6 Å². The molecule has 4 heteroatoms. The van der Waals surface area contributed by atoms with E-state index in [1.54, 1.807) is 6.08 Å². The van der Waals surface area contributed by atoms with Crippen LogP contribution < -0.4 is 9.80 Å². The summed E-state index contributed by atoms with van der Waals surface area (Å²) in [5.74, 6) is 0.770. The Hall–Kier alpha value is -9.12. The second-order valence-electron chi connectivity index (χ2n) is 19.7. The van der Waals surface area contributed by atoms with E-state index < -0.39 is 0 Å². The fourth-order valence-electron chi connectivity index (χ4n) is 11.8. The summed E-state index contributed by atoms with van der Waals surface area (Å²) in [5, 5.41) is 13.0. The van der Waals surface area contributed by atoms with E-state index in [4.69, 9.17) is 8.83 Å². The molecule has 0 spiro atoms. The normalized spacial score (nSPS) is 13.0. The summed E-state index contributed by atoms with van der Waals surface area (Å²) < 4.78 is 12.6. The molecule has 0 bridgehead atoms. The molecule has 0 atom stereocenters. The maximum absolute atomic E-state index is 6.32. The Bertz CT molecular complexity index is 4430. The van der Waals surface area contributed by atoms with Crippen LogP contribution in [0.4, 0.5) is 34.1 Å². The molecular weight excluding hydrogens is 877 g/mol. The van der Waals surface area contributed by atoms with Gasteiger partial charge in [0.05, 0.1) is 0 Å². The highest BCUT2D eigenvalue weighted by Crippen LogP contribution is 2.53. The standard InChI is InChI=1S/C68H48N2O2/c1-5-14-54-58-39-50(30-33-65(58)71-63(54)6-2)69(47-26-23-42-15-7-9-17-44(42)35-47)49-28-25-46-37-60-53-32-29-52(41-62(53)68(3,4)61-21-13-20-56(67(60)61)57(46)38-49)70(48-27-24-43-16-8-10-18-45(43)36-48)51-31-34-66-59(40-51)55-19-11-12-22-64(55)72-66/h5-41H,2H2,1,3-4H3/b14-5-. The predicted molar refractivity (Wildman–Crippen MR) is 305 cm³/mol. The summed E-state index contributed by atoms with van der Waals surface area (Å²) in [7, 11) is 0. The molecule has 4 nitrogen and oxygen atoms in total. The summed E-state index contributed by atoms with van der Waals surface area (Å²) in [5.41, 5.74) is 14.9. The largest absolute Gasteiger partial charge is 0.456 e. The average Bonchev–Trinajstić information content (AvgIpc) is 3.97. The number of hydrogen-bond acceptors (Lipinski definition) is 4. The van der Waals surface area contributed by atoms with Crippen molar-refractivity contribution < 1.29 is 8.83 Å². The van der Waals surface area contributed by atoms with E-state index in [1.165, 1.54) is 65.3 Å². The lowest BCUT2D eigenvalue weighted by Crippen LogP contribution is -2.24. The molecule has 1 aliphatic carbocycles. The van der Waals surface area contributed by atoms with E-state index in [-0.39, 0.29) is 5.41 Å². The molecule has 1 aliphatic rings. The van der Waals surface area contributed by atoms with E-state index in [1.807, 2.05) is 19.1 Å². The van der Waals surface area contributed by atoms with Crippen molar-refractivity contribution in [3.8, 4) is 11.1 Å². The van der Waals surface area contributed by atoms with Gasteiger partial charge in [-0.1, -0.05) is 142 Å². The van der Waals surface area contributed by atoms with Crippen LogP contribution in [0.1, 0.15) is 43.2 Å². The molecule has 14 rings (SSSR count). The fraction of sp³-hybridized carbons (Fsp3) is 0.0588. The average molecular weight is 925 g/mol. The predicted octanol–water partition coefficient (Wildman–Crippen LogP) is 19.9. The van der Waals surface area contributed by atoms with Crippen molar-refractivity contribution in [3.63, 3.8) is 0 Å². The van der Waals surface area contributed by atoms with Crippen LogP contribution in [-0.2, 0) is 5.41 Å². The van der Waals surface area contributed by atoms with Crippen molar-refractivity contribution in [1.82, 2.24) is 0 Å². The van der Waals surface area contributed by atoms with Crippen LogP contribution >= 0.6 is 0 Å². The molecule has 0 radical (unpaired) electrons. The van der Waals surface area contributed by atoms with Gasteiger partial charge in [0.15, 0.2) is 0 Å². The number of para-hydroxylation sites is 1. The number of furan rings is 2. The van der Waals surface area contributed by atoms with E-state index in [2.05, 4.69) is 237 Å². The molecule has 0 aliphatic heterocycles. The third-order valence-electron chi connectivity index (χ3n) is 15.2. The highest BCUT2D eigenvalue weighted by atomic mass is 16.3. The lowest BCUT2D eigenvalue weighted by molar-refractivity contribution is 0.603. The highest BCUT2D eigenvalue weighted by molar-refractivity contribution is 6.18. The lowest BCUT2D eigenvalue weighted by Gasteiger charge is -2.37. The van der Waals surface area contributed by atoms with Gasteiger partial charge in [0, 0.05) is 61.3 Å². The number of rotatable bonds is 8. The van der Waals surface area contributed by atoms with Crippen LogP contribution in [0.5, 0.6) is 0 Å². The molecule has 2 aromatic heterocycles. The van der Waals surface area contributed by atoms with Crippen LogP contribution in [0.15, 0.2) is 228 Å². The molecule has 0 fully saturated rings. The number of benzene rings is 11. The smallest absolute Gasteiger partial charge is 0.135 e. The van der Waals surface area contributed by atoms with Gasteiger partial charge in [0.25, 0.3) is 0 Å². The zero-order chi connectivity index (χ0) is 48.2. The number of fused-ring (bicyclic) bond motifs is 10. The SMILES string of the molecule is C=Cc1oc2ccc(N(c3ccc4ccccc4c3)c3ccc4cc5c6c(cccc6c4c3)C(C)(C)c3cc(N(c4ccc6ccccc6c4)c4ccc6oc7ccccc7c6c4)ccc3-5)cc2c1/C=C\C. The maximum atomic E-state index is 6.32. The zero-order valence-corrected chi connectivity index (χ0v) is 40.3. The second-order valence-corrected chi connectivity index (χ2v) is 19.7. The van der Waals surface area contributed by atoms with Gasteiger partial charge in [-0.05, 0) is 175 Å². The Balaban J connectivity index is 0.943. The van der Waals surface area contributed by atoms with Crippen LogP contribution in [-0.4, -0.2) is 0 Å². The zero-order valence-electron chi connectivity index (χ0n) is 40.3. The quantitative estimate of drug-likeness (QED) is 0.142. The third-order valence-corrected chi connectivity index (χ3v) is 15.2. The number of anilines is 6. The van der Waals surface area contributed by atoms with Crippen molar-refractivity contribution in [2.45, 2.75) is 26.2 Å². The first-order valence-corrected chi connectivity index (χ1v) is 24.8. The Labute approximate surface area is 417 Å². The first kappa shape index (κ1) is 41.8. The van der Waals surface area contributed by atoms with Gasteiger partial charge >= 0.3 is 0 Å². The van der Waals surface area contributed by atoms with Crippen LogP contribution in [0.3, 0.4) is 0 Å². The summed E-state index contributed by atoms with van der Waals surface area (Å²) in [4.78, 5) is 4.79. The molecular formula is C68H48N2O2. The van der Waals surface area contributed by atoms with E-state index >= 15 is 0 Å². The summed E-state index contributed by atoms with van der Waals surface area (Å²) in [6, 6.07) is 75.6. The Kier molecular flexibility index (Phi) is 9.27. The van der Waals surface area contributed by atoms with Crippen LogP contribution in [0, 0.1) is 0 Å². The summed E-state index contributed by atoms with van der Waals surface area (Å²) in [6.07, 6.45) is 5.96. The molecule has 0 saturated heterocycles. The minimum absolute atomic E-state index is 0.324. The van der Waals surface area contributed by atoms with Crippen molar-refractivity contribution in [2.75, 3.05) is 9.80 Å². The van der Waals surface area contributed by atoms with Gasteiger partial charge in [-0.3, -0.25) is 0 Å². The second kappa shape index (κ2) is 16.0. The monoisotopic (exact) mass is 924 g/mol. The molecule has 11 aromatic carbocycles. The molecule has 0 amide bonds. The minimum Gasteiger partial charge on any atom is -0.456 e. The summed E-state index contributed by atoms with van der Waals surface area (Å²) >= 11 is 0. The van der Waals surface area contributed by atoms with Crippen LogP contribution in [0.2, 0.25) is 0 Å². The lowest BCUT2D eigenvalue weighted by atomic mass is 9.68. The van der Waals surface area contributed by atoms with Gasteiger partial charge in [-0.15, -0.1) is 0 Å². The maximum Gasteiger partial charge on any atom is 0.135 e. The third kappa shape index (κ3) is 6.39. The van der Waals surface area contributed by atoms with E-state index in [0.717, 1.165) is 78.4 Å². The first-order chi connectivity index (χ1) is 35.3. The van der Waals surface area contributed by atoms with Crippen molar-refractivity contribution in [3.05, 3.63) is 241 Å². The number of allylic oxidation sites excluding steroid dienone is 1. The van der Waals surface area contributed by atoms with Gasteiger partial charge in [-0.25, -0.2) is 0 Å². The first-order valence-electron chi connectivity index (χ1n) is 24.8. The molecule has 342 valence electrons. The number of nitrogens with zero attached hydrogens (tertiary/aromatic N) is 2. The highest BCUT2D eigenvalue weighted by Gasteiger charge is 2.35. The van der Waals surface area contributed by atoms with Crippen molar-refractivity contribution in [1.29, 1.82) is 0 Å². The molecule has 0 saturated carbocycles. The molecule has 13 aromatic rings. The molecule has 2 heterocycles. The van der Waals surface area contributed by atoms with Gasteiger partial charge in [0.2, 0.25) is 0 Å². The van der Waals surface area contributed by atoms with Gasteiger partial charge in [0.1, 0.15) is 22.5 Å². The number of hydrogen-bond donors (Lipinski definition) is 0. The minimum atomic E-state index is -0.324. The molecule has 0 unspecified atom stereocenters. The summed E-state index contributed by atoms with van der Waals surface area (Å²) in [6.45, 7) is 10.9. The van der Waals surface area contributed by atoms with Crippen molar-refractivity contribution >= 4 is 122 Å². The molecule has 0 N–H and O–H groups in total. The van der Waals surface area contributed by atoms with Crippen LogP contribution in [0.25, 0.3) is 99.3 Å². The van der Waals surface area contributed by atoms with E-state index in [9.17, 15) is 0 Å². The van der Waals surface area contributed by atoms with Gasteiger partial charge in [-0.2, -0.15) is 0 Å².